The molecule has 0 aliphatic carbocycles. The average molecular weight is 380 g/mol. The number of anilines is 3. The quantitative estimate of drug-likeness (QED) is 0.559. The number of methoxy groups -OCH3 is 1. The van der Waals surface area contributed by atoms with Crippen molar-refractivity contribution in [2.45, 2.75) is 17.0 Å². The van der Waals surface area contributed by atoms with Gasteiger partial charge in [-0.3, -0.25) is 0 Å². The normalized spacial score (nSPS) is 10.6. The first-order valence-corrected chi connectivity index (χ1v) is 10.0. The monoisotopic (exact) mass is 379 g/mol. The molecule has 0 amide bonds. The van der Waals surface area contributed by atoms with Crippen LogP contribution in [-0.2, 0) is 5.75 Å². The summed E-state index contributed by atoms with van der Waals surface area (Å²) in [4.78, 5) is 4.60. The fraction of sp³-hybridized carbons (Fsp3) is 0.267. The lowest BCUT2D eigenvalue weighted by atomic mass is 10.3. The summed E-state index contributed by atoms with van der Waals surface area (Å²) < 4.78 is 6.10. The van der Waals surface area contributed by atoms with E-state index in [0.29, 0.717) is 0 Å². The Morgan fingerprint density at radius 1 is 1.17 bits per heavy atom. The Labute approximate surface area is 152 Å². The largest absolute Gasteiger partial charge is 0.497 e. The molecule has 0 bridgehead atoms. The summed E-state index contributed by atoms with van der Waals surface area (Å²) in [5, 5.41) is 18.5. The van der Waals surface area contributed by atoms with E-state index in [2.05, 4.69) is 31.2 Å². The van der Waals surface area contributed by atoms with Crippen molar-refractivity contribution in [1.29, 1.82) is 0 Å². The maximum Gasteiger partial charge on any atom is 0.206 e. The van der Waals surface area contributed by atoms with Crippen LogP contribution in [0.1, 0.15) is 12.6 Å². The highest BCUT2D eigenvalue weighted by molar-refractivity contribution is 8.00. The highest BCUT2D eigenvalue weighted by atomic mass is 32.2. The Balaban J connectivity index is 1.54. The highest BCUT2D eigenvalue weighted by Crippen LogP contribution is 2.30. The summed E-state index contributed by atoms with van der Waals surface area (Å²) in [6.07, 6.45) is 0. The Morgan fingerprint density at radius 2 is 2.00 bits per heavy atom. The number of thioether (sulfide) groups is 1. The van der Waals surface area contributed by atoms with Crippen LogP contribution in [0, 0.1) is 0 Å². The Kier molecular flexibility index (Phi) is 5.89. The van der Waals surface area contributed by atoms with Crippen molar-refractivity contribution in [3.63, 3.8) is 0 Å². The van der Waals surface area contributed by atoms with Gasteiger partial charge >= 0.3 is 0 Å². The maximum absolute atomic E-state index is 5.16. The van der Waals surface area contributed by atoms with Crippen LogP contribution in [-0.4, -0.2) is 28.8 Å². The van der Waals surface area contributed by atoms with Crippen molar-refractivity contribution in [2.75, 3.05) is 24.3 Å². The van der Waals surface area contributed by atoms with Crippen LogP contribution in [0.25, 0.3) is 0 Å². The zero-order valence-electron chi connectivity index (χ0n) is 13.3. The van der Waals surface area contributed by atoms with Gasteiger partial charge in [0, 0.05) is 23.4 Å². The fourth-order valence-corrected chi connectivity index (χ4v) is 4.40. The van der Waals surface area contributed by atoms with Crippen LogP contribution in [0.4, 0.5) is 16.0 Å². The third-order valence-corrected chi connectivity index (χ3v) is 5.83. The maximum atomic E-state index is 5.16. The SMILES string of the molecule is CCNc1nnc(SCc2csc(Nc3ccc(OC)cc3)n2)s1. The molecular formula is C15H17N5OS3. The molecule has 3 aromatic rings. The van der Waals surface area contributed by atoms with Gasteiger partial charge in [0.1, 0.15) is 5.75 Å². The number of hydrogen-bond donors (Lipinski definition) is 2. The molecular weight excluding hydrogens is 362 g/mol. The molecule has 0 radical (unpaired) electrons. The molecule has 0 unspecified atom stereocenters. The molecule has 126 valence electrons. The molecule has 0 saturated carbocycles. The molecule has 2 aromatic heterocycles. The van der Waals surface area contributed by atoms with Crippen molar-refractivity contribution in [3.8, 4) is 5.75 Å². The van der Waals surface area contributed by atoms with E-state index in [1.807, 2.05) is 31.2 Å². The number of rotatable bonds is 8. The highest BCUT2D eigenvalue weighted by Gasteiger charge is 2.07. The van der Waals surface area contributed by atoms with Crippen LogP contribution in [0.5, 0.6) is 5.75 Å². The fourth-order valence-electron chi connectivity index (χ4n) is 1.85. The van der Waals surface area contributed by atoms with Crippen LogP contribution in [0.3, 0.4) is 0 Å². The Bertz CT molecular complexity index is 772. The molecule has 1 aromatic carbocycles. The summed E-state index contributed by atoms with van der Waals surface area (Å²) in [7, 11) is 1.66. The number of aromatic nitrogens is 3. The van der Waals surface area contributed by atoms with Gasteiger partial charge in [-0.25, -0.2) is 4.98 Å². The second-order valence-electron chi connectivity index (χ2n) is 4.69. The minimum absolute atomic E-state index is 0.779. The van der Waals surface area contributed by atoms with Crippen molar-refractivity contribution in [1.82, 2.24) is 15.2 Å². The number of hydrogen-bond acceptors (Lipinski definition) is 9. The van der Waals surface area contributed by atoms with Gasteiger partial charge < -0.3 is 15.4 Å². The van der Waals surface area contributed by atoms with Gasteiger partial charge in [-0.15, -0.1) is 21.5 Å². The standard InChI is InChI=1S/C15H17N5OS3/c1-3-16-13-19-20-15(24-13)23-9-11-8-22-14(18-11)17-10-4-6-12(21-2)7-5-10/h4-8H,3,9H2,1-2H3,(H,16,19)(H,17,18). The predicted molar refractivity (Wildman–Crippen MR) is 102 cm³/mol. The smallest absolute Gasteiger partial charge is 0.206 e. The van der Waals surface area contributed by atoms with Crippen LogP contribution in [0.2, 0.25) is 0 Å². The summed E-state index contributed by atoms with van der Waals surface area (Å²) >= 11 is 4.81. The van der Waals surface area contributed by atoms with Gasteiger partial charge in [-0.05, 0) is 31.2 Å². The lowest BCUT2D eigenvalue weighted by Crippen LogP contribution is -1.94. The summed E-state index contributed by atoms with van der Waals surface area (Å²) in [5.74, 6) is 1.62. The van der Waals surface area contributed by atoms with E-state index in [1.165, 1.54) is 0 Å². The topological polar surface area (TPSA) is 72.0 Å². The van der Waals surface area contributed by atoms with Gasteiger partial charge in [-0.2, -0.15) is 0 Å². The van der Waals surface area contributed by atoms with Crippen molar-refractivity contribution < 1.29 is 4.74 Å². The van der Waals surface area contributed by atoms with E-state index in [4.69, 9.17) is 4.74 Å². The molecule has 3 rings (SSSR count). The molecule has 0 atom stereocenters. The molecule has 24 heavy (non-hydrogen) atoms. The molecule has 0 saturated heterocycles. The van der Waals surface area contributed by atoms with Crippen molar-refractivity contribution >= 4 is 50.4 Å². The minimum Gasteiger partial charge on any atom is -0.497 e. The van der Waals surface area contributed by atoms with E-state index in [0.717, 1.165) is 44.0 Å². The molecule has 2 heterocycles. The average Bonchev–Trinajstić information content (AvgIpc) is 3.23. The van der Waals surface area contributed by atoms with E-state index >= 15 is 0 Å². The first-order chi connectivity index (χ1) is 11.8. The second-order valence-corrected chi connectivity index (χ2v) is 7.75. The van der Waals surface area contributed by atoms with Gasteiger partial charge in [0.2, 0.25) is 5.13 Å². The molecule has 2 N–H and O–H groups in total. The molecule has 0 fully saturated rings. The Hall–Kier alpha value is -1.84. The Morgan fingerprint density at radius 3 is 2.75 bits per heavy atom. The third-order valence-electron chi connectivity index (χ3n) is 2.97. The lowest BCUT2D eigenvalue weighted by molar-refractivity contribution is 0.415. The minimum atomic E-state index is 0.779. The summed E-state index contributed by atoms with van der Waals surface area (Å²) in [6, 6.07) is 7.78. The molecule has 0 spiro atoms. The number of nitrogens with one attached hydrogen (secondary N) is 2. The van der Waals surface area contributed by atoms with Crippen molar-refractivity contribution in [2.24, 2.45) is 0 Å². The van der Waals surface area contributed by atoms with Gasteiger partial charge in [0.15, 0.2) is 9.47 Å². The van der Waals surface area contributed by atoms with E-state index in [1.54, 1.807) is 41.5 Å². The van der Waals surface area contributed by atoms with Gasteiger partial charge in [0.05, 0.1) is 12.8 Å². The number of nitrogens with zero attached hydrogens (tertiary/aromatic N) is 3. The zero-order chi connectivity index (χ0) is 16.8. The van der Waals surface area contributed by atoms with Gasteiger partial charge in [0.25, 0.3) is 0 Å². The first-order valence-electron chi connectivity index (χ1n) is 7.32. The molecule has 0 aliphatic heterocycles. The molecule has 0 aliphatic rings. The zero-order valence-corrected chi connectivity index (χ0v) is 15.7. The molecule has 6 nitrogen and oxygen atoms in total. The predicted octanol–water partition coefficient (Wildman–Crippen LogP) is 4.47. The van der Waals surface area contributed by atoms with E-state index in [9.17, 15) is 0 Å². The number of ether oxygens (including phenoxy) is 1. The van der Waals surface area contributed by atoms with Crippen LogP contribution >= 0.6 is 34.4 Å². The molecule has 9 heteroatoms. The first kappa shape index (κ1) is 17.0. The van der Waals surface area contributed by atoms with Crippen LogP contribution < -0.4 is 15.4 Å². The van der Waals surface area contributed by atoms with Gasteiger partial charge in [-0.1, -0.05) is 23.1 Å². The van der Waals surface area contributed by atoms with E-state index in [-0.39, 0.29) is 0 Å². The number of benzene rings is 1. The van der Waals surface area contributed by atoms with E-state index < -0.39 is 0 Å². The third kappa shape index (κ3) is 4.59. The summed E-state index contributed by atoms with van der Waals surface area (Å²) in [5.41, 5.74) is 2.02. The number of thiazole rings is 1. The summed E-state index contributed by atoms with van der Waals surface area (Å²) in [6.45, 7) is 2.90. The second kappa shape index (κ2) is 8.32. The van der Waals surface area contributed by atoms with Crippen LogP contribution in [0.15, 0.2) is 34.0 Å². The lowest BCUT2D eigenvalue weighted by Gasteiger charge is -2.03. The van der Waals surface area contributed by atoms with Crippen molar-refractivity contribution in [3.05, 3.63) is 35.3 Å².